The third kappa shape index (κ3) is 10.2. The molecule has 6 aliphatic rings. The van der Waals surface area contributed by atoms with Gasteiger partial charge in [-0.3, -0.25) is 0 Å². The van der Waals surface area contributed by atoms with E-state index >= 15 is 0 Å². The molecule has 0 fully saturated rings. The maximum absolute atomic E-state index is 8.16. The summed E-state index contributed by atoms with van der Waals surface area (Å²) < 4.78 is 16.3. The van der Waals surface area contributed by atoms with Crippen LogP contribution in [0.2, 0.25) is 0 Å². The zero-order valence-corrected chi connectivity index (χ0v) is 61.9. The average molecular weight is 1460 g/mol. The Labute approximate surface area is 663 Å². The molecule has 0 spiro atoms. The first-order valence-electron chi connectivity index (χ1n) is 39.2. The van der Waals surface area contributed by atoms with Gasteiger partial charge >= 0.3 is 0 Å². The third-order valence-electron chi connectivity index (χ3n) is 23.6. The lowest BCUT2D eigenvalue weighted by molar-refractivity contribution is 0.490. The molecule has 532 valence electrons. The predicted molar refractivity (Wildman–Crippen MR) is 476 cm³/mol. The highest BCUT2D eigenvalue weighted by molar-refractivity contribution is 7.05. The smallest absolute Gasteiger partial charge is 0.261 e. The van der Waals surface area contributed by atoms with E-state index in [4.69, 9.17) is 9.47 Å². The Kier molecular flexibility index (Phi) is 15.1. The molecule has 6 heterocycles. The molecule has 0 aromatic heterocycles. The second-order valence-electron chi connectivity index (χ2n) is 29.8. The van der Waals surface area contributed by atoms with Crippen molar-refractivity contribution < 1.29 is 9.47 Å². The number of ether oxygens (including phenoxy) is 2. The number of nitrogens with zero attached hydrogens (tertiary/aromatic N) is 7. The van der Waals surface area contributed by atoms with Crippen LogP contribution in [0.15, 0.2) is 413 Å². The van der Waals surface area contributed by atoms with Crippen molar-refractivity contribution in [3.05, 3.63) is 413 Å². The molecular weight excluding hydrogens is 1390 g/mol. The van der Waals surface area contributed by atoms with Gasteiger partial charge in [0.1, 0.15) is 23.0 Å². The summed E-state index contributed by atoms with van der Waals surface area (Å²) in [5.74, 6) is 3.27. The van der Waals surface area contributed by atoms with Crippen LogP contribution in [0.5, 0.6) is 23.0 Å². The number of benzene rings is 17. The van der Waals surface area contributed by atoms with E-state index in [-0.39, 0.29) is 13.4 Å². The Morgan fingerprint density at radius 1 is 0.175 bits per heavy atom. The van der Waals surface area contributed by atoms with Gasteiger partial charge in [-0.25, -0.2) is 0 Å². The van der Waals surface area contributed by atoms with Gasteiger partial charge in [0.05, 0.1) is 5.69 Å². The molecule has 6 aliphatic heterocycles. The maximum atomic E-state index is 8.16. The van der Waals surface area contributed by atoms with Crippen molar-refractivity contribution in [1.29, 1.82) is 0 Å². The number of hydrogen-bond donors (Lipinski definition) is 0. The SMILES string of the molecule is c1ccc(N(c2ccccc2)c2ccc3c(c2)N(c2ccccc2)c2cc4c(c5c2B3c2ccccc2O5)B2c3c(cc(N(c5ccccc5)c5ccccc5)cc3N(c3ccccc3)c3cc5c6c(c32)Oc2ccccc2B6c2ccc(N(c3ccccc3)c3ccccc3)cc2N5c2ccccc2)N4c2ccccc2)cc1. The van der Waals surface area contributed by atoms with Crippen LogP contribution in [0.25, 0.3) is 0 Å². The van der Waals surface area contributed by atoms with E-state index in [1.54, 1.807) is 0 Å². The van der Waals surface area contributed by atoms with Crippen molar-refractivity contribution in [2.24, 2.45) is 0 Å². The van der Waals surface area contributed by atoms with Crippen molar-refractivity contribution >= 4 is 189 Å². The van der Waals surface area contributed by atoms with Crippen LogP contribution in [-0.2, 0) is 0 Å². The van der Waals surface area contributed by atoms with Crippen LogP contribution in [0.4, 0.5) is 119 Å². The van der Waals surface area contributed by atoms with Crippen molar-refractivity contribution in [2.75, 3.05) is 34.3 Å². The zero-order valence-electron chi connectivity index (χ0n) is 61.9. The topological polar surface area (TPSA) is 41.1 Å². The number of anilines is 21. The zero-order chi connectivity index (χ0) is 74.9. The summed E-state index contributed by atoms with van der Waals surface area (Å²) in [6.07, 6.45) is 0. The normalized spacial score (nSPS) is 13.1. The summed E-state index contributed by atoms with van der Waals surface area (Å²) in [7, 11) is 0. The quantitative estimate of drug-likeness (QED) is 0.105. The molecular formula is C102H68B3N7O2. The highest BCUT2D eigenvalue weighted by Crippen LogP contribution is 2.55. The lowest BCUT2D eigenvalue weighted by Crippen LogP contribution is -2.67. The molecule has 23 rings (SSSR count). The van der Waals surface area contributed by atoms with Crippen molar-refractivity contribution in [3.63, 3.8) is 0 Å². The van der Waals surface area contributed by atoms with Crippen LogP contribution in [0, 0.1) is 0 Å². The lowest BCUT2D eigenvalue weighted by atomic mass is 9.28. The van der Waals surface area contributed by atoms with Gasteiger partial charge in [-0.2, -0.15) is 0 Å². The minimum Gasteiger partial charge on any atom is -0.459 e. The Hall–Kier alpha value is -14.9. The van der Waals surface area contributed by atoms with E-state index in [9.17, 15) is 0 Å². The van der Waals surface area contributed by atoms with E-state index in [2.05, 4.69) is 447 Å². The fourth-order valence-corrected chi connectivity index (χ4v) is 19.0. The van der Waals surface area contributed by atoms with Crippen molar-refractivity contribution in [3.8, 4) is 23.0 Å². The first-order chi connectivity index (χ1) is 56.6. The van der Waals surface area contributed by atoms with E-state index in [0.29, 0.717) is 0 Å². The van der Waals surface area contributed by atoms with Gasteiger partial charge in [0.15, 0.2) is 0 Å². The fourth-order valence-electron chi connectivity index (χ4n) is 19.0. The minimum absolute atomic E-state index is 0.284. The molecule has 0 unspecified atom stereocenters. The molecule has 0 N–H and O–H groups in total. The molecule has 0 bridgehead atoms. The van der Waals surface area contributed by atoms with Crippen LogP contribution in [0.3, 0.4) is 0 Å². The van der Waals surface area contributed by atoms with Gasteiger partial charge in [-0.1, -0.05) is 231 Å². The second-order valence-corrected chi connectivity index (χ2v) is 29.8. The Morgan fingerprint density at radius 2 is 0.412 bits per heavy atom. The van der Waals surface area contributed by atoms with Crippen LogP contribution >= 0.6 is 0 Å². The predicted octanol–water partition coefficient (Wildman–Crippen LogP) is 21.0. The standard InChI is InChI=1S/C102H68B3N7O2/c1-11-35-69(36-12-1)106(70-37-13-2-14-38-70)79-59-61-82-86(63-79)109(75-47-23-7-24-48-75)90-67-92-99(101-97(90)103(82)84-55-31-33-57-94(84)113-101)105-96-88(111(92)77-51-27-9-28-52-77)65-81(108(73-43-19-5-20-44-73)74-45-21-6-22-46-74)66-89(96)112(78-53-29-10-30-54-78)93-68-91-98-102(100(93)105)114-95-58-34-32-56-85(95)104(98)83-62-60-80(64-87(83)110(91)76-49-25-8-26-50-76)107(71-39-15-3-16-40-71)72-41-17-4-18-42-72/h1-68H. The summed E-state index contributed by atoms with van der Waals surface area (Å²) in [6.45, 7) is -1.12. The van der Waals surface area contributed by atoms with E-state index < -0.39 is 6.71 Å². The van der Waals surface area contributed by atoms with Gasteiger partial charge in [0.2, 0.25) is 0 Å². The summed E-state index contributed by atoms with van der Waals surface area (Å²) >= 11 is 0. The highest BCUT2D eigenvalue weighted by Gasteiger charge is 2.55. The van der Waals surface area contributed by atoms with E-state index in [0.717, 1.165) is 181 Å². The molecule has 114 heavy (non-hydrogen) atoms. The molecule has 17 aromatic carbocycles. The van der Waals surface area contributed by atoms with Gasteiger partial charge in [-0.15, -0.1) is 0 Å². The number of para-hydroxylation sites is 12. The van der Waals surface area contributed by atoms with Gasteiger partial charge in [-0.05, 0) is 231 Å². The Bertz CT molecular complexity index is 6130. The number of hydrogen-bond acceptors (Lipinski definition) is 9. The Morgan fingerprint density at radius 3 is 0.719 bits per heavy atom. The first kappa shape index (κ1) is 65.1. The summed E-state index contributed by atoms with van der Waals surface area (Å²) in [5.41, 5.74) is 31.5. The third-order valence-corrected chi connectivity index (χ3v) is 23.6. The highest BCUT2D eigenvalue weighted by atomic mass is 16.5. The molecule has 9 nitrogen and oxygen atoms in total. The molecule has 0 amide bonds. The van der Waals surface area contributed by atoms with Crippen molar-refractivity contribution in [1.82, 2.24) is 0 Å². The van der Waals surface area contributed by atoms with Crippen LogP contribution in [0.1, 0.15) is 0 Å². The van der Waals surface area contributed by atoms with Crippen molar-refractivity contribution in [2.45, 2.75) is 0 Å². The molecule has 0 atom stereocenters. The molecule has 0 aliphatic carbocycles. The first-order valence-corrected chi connectivity index (χ1v) is 39.2. The molecule has 0 saturated heterocycles. The summed E-state index contributed by atoms with van der Waals surface area (Å²) in [5, 5.41) is 0. The summed E-state index contributed by atoms with van der Waals surface area (Å²) in [6, 6.07) is 150. The molecule has 17 aromatic rings. The van der Waals surface area contributed by atoms with Gasteiger partial charge in [0, 0.05) is 114 Å². The van der Waals surface area contributed by atoms with Crippen LogP contribution < -0.4 is 92.9 Å². The molecule has 12 heteroatoms. The number of fused-ring (bicyclic) bond motifs is 14. The van der Waals surface area contributed by atoms with Crippen LogP contribution in [-0.4, -0.2) is 20.1 Å². The molecule has 0 radical (unpaired) electrons. The van der Waals surface area contributed by atoms with Gasteiger partial charge in [0.25, 0.3) is 20.1 Å². The largest absolute Gasteiger partial charge is 0.459 e. The average Bonchev–Trinajstić information content (AvgIpc) is 0.665. The summed E-state index contributed by atoms with van der Waals surface area (Å²) in [4.78, 5) is 17.3. The van der Waals surface area contributed by atoms with E-state index in [1.807, 2.05) is 0 Å². The second kappa shape index (κ2) is 26.4. The number of rotatable bonds is 13. The Balaban J connectivity index is 0.862. The fraction of sp³-hybridized carbons (Fsp3) is 0. The monoisotopic (exact) mass is 1460 g/mol. The van der Waals surface area contributed by atoms with Gasteiger partial charge < -0.3 is 43.8 Å². The molecule has 0 saturated carbocycles. The minimum atomic E-state index is -0.549. The maximum Gasteiger partial charge on any atom is 0.261 e. The lowest BCUT2D eigenvalue weighted by Gasteiger charge is -2.49. The van der Waals surface area contributed by atoms with E-state index in [1.165, 1.54) is 10.9 Å².